The summed E-state index contributed by atoms with van der Waals surface area (Å²) in [7, 11) is 0. The van der Waals surface area contributed by atoms with Gasteiger partial charge in [0, 0.05) is 17.8 Å². The van der Waals surface area contributed by atoms with Crippen molar-refractivity contribution in [2.24, 2.45) is 0 Å². The summed E-state index contributed by atoms with van der Waals surface area (Å²) in [5, 5.41) is 0. The van der Waals surface area contributed by atoms with Crippen molar-refractivity contribution >= 4 is 5.57 Å². The van der Waals surface area contributed by atoms with Crippen molar-refractivity contribution < 1.29 is 0 Å². The first-order valence-electron chi connectivity index (χ1n) is 4.57. The van der Waals surface area contributed by atoms with E-state index in [0.29, 0.717) is 6.04 Å². The van der Waals surface area contributed by atoms with E-state index in [9.17, 15) is 4.79 Å². The first-order valence-corrected chi connectivity index (χ1v) is 4.57. The molecule has 0 atom stereocenters. The molecule has 1 aliphatic rings. The summed E-state index contributed by atoms with van der Waals surface area (Å²) in [6.07, 6.45) is 4.14. The van der Waals surface area contributed by atoms with E-state index in [1.165, 1.54) is 0 Å². The van der Waals surface area contributed by atoms with Crippen LogP contribution in [0.1, 0.15) is 31.4 Å². The van der Waals surface area contributed by atoms with Crippen molar-refractivity contribution in [1.29, 1.82) is 0 Å². The Hall–Kier alpha value is -1.31. The van der Waals surface area contributed by atoms with Crippen LogP contribution >= 0.6 is 0 Å². The maximum Gasteiger partial charge on any atom is 0.258 e. The lowest BCUT2D eigenvalue weighted by atomic mass is 10.1. The molecule has 2 nitrogen and oxygen atoms in total. The lowest BCUT2D eigenvalue weighted by Gasteiger charge is -2.05. The van der Waals surface area contributed by atoms with Crippen molar-refractivity contribution in [1.82, 2.24) is 4.57 Å². The third kappa shape index (κ3) is 1.44. The first-order chi connectivity index (χ1) is 6.20. The number of nitrogens with zero attached hydrogens (tertiary/aromatic N) is 1. The normalized spacial score (nSPS) is 15.8. The number of rotatable bonds is 2. The minimum Gasteiger partial charge on any atom is -0.312 e. The van der Waals surface area contributed by atoms with E-state index in [-0.39, 0.29) is 5.56 Å². The van der Waals surface area contributed by atoms with Crippen LogP contribution in [0.2, 0.25) is 0 Å². The van der Waals surface area contributed by atoms with Crippen LogP contribution in [0.4, 0.5) is 0 Å². The van der Waals surface area contributed by atoms with Gasteiger partial charge in [-0.1, -0.05) is 6.58 Å². The molecule has 2 rings (SSSR count). The number of hydrogen-bond acceptors (Lipinski definition) is 1. The summed E-state index contributed by atoms with van der Waals surface area (Å²) in [6.45, 7) is 5.66. The van der Waals surface area contributed by atoms with Gasteiger partial charge >= 0.3 is 0 Å². The SMILES string of the molecule is C=C(C)c1cccn(C2CC2)c1=O. The zero-order valence-corrected chi connectivity index (χ0v) is 7.79. The second-order valence-corrected chi connectivity index (χ2v) is 3.65. The molecule has 1 saturated carbocycles. The summed E-state index contributed by atoms with van der Waals surface area (Å²) in [5.41, 5.74) is 1.70. The molecule has 0 bridgehead atoms. The van der Waals surface area contributed by atoms with Crippen molar-refractivity contribution in [3.8, 4) is 0 Å². The molecule has 1 heterocycles. The number of aromatic nitrogens is 1. The van der Waals surface area contributed by atoms with Crippen LogP contribution in [0.15, 0.2) is 29.7 Å². The highest BCUT2D eigenvalue weighted by molar-refractivity contribution is 5.60. The maximum absolute atomic E-state index is 11.8. The van der Waals surface area contributed by atoms with Crippen LogP contribution in [0.3, 0.4) is 0 Å². The van der Waals surface area contributed by atoms with Gasteiger partial charge in [-0.15, -0.1) is 0 Å². The van der Waals surface area contributed by atoms with Crippen molar-refractivity contribution in [2.45, 2.75) is 25.8 Å². The van der Waals surface area contributed by atoms with Crippen molar-refractivity contribution in [3.05, 3.63) is 40.8 Å². The molecular formula is C11H13NO. The van der Waals surface area contributed by atoms with Gasteiger partial charge in [-0.2, -0.15) is 0 Å². The number of allylic oxidation sites excluding steroid dienone is 1. The van der Waals surface area contributed by atoms with Crippen molar-refractivity contribution in [2.75, 3.05) is 0 Å². The van der Waals surface area contributed by atoms with Gasteiger partial charge in [0.1, 0.15) is 0 Å². The van der Waals surface area contributed by atoms with Gasteiger partial charge < -0.3 is 4.57 Å². The fourth-order valence-corrected chi connectivity index (χ4v) is 1.48. The van der Waals surface area contributed by atoms with Gasteiger partial charge in [0.05, 0.1) is 0 Å². The summed E-state index contributed by atoms with van der Waals surface area (Å²) in [5.74, 6) is 0. The quantitative estimate of drug-likeness (QED) is 0.675. The molecule has 2 heteroatoms. The zero-order chi connectivity index (χ0) is 9.42. The first kappa shape index (κ1) is 8.30. The highest BCUT2D eigenvalue weighted by Gasteiger charge is 2.24. The molecule has 0 amide bonds. The maximum atomic E-state index is 11.8. The molecule has 0 N–H and O–H groups in total. The van der Waals surface area contributed by atoms with Gasteiger partial charge in [0.25, 0.3) is 5.56 Å². The number of hydrogen-bond donors (Lipinski definition) is 0. The molecule has 0 saturated heterocycles. The number of pyridine rings is 1. The summed E-state index contributed by atoms with van der Waals surface area (Å²) >= 11 is 0. The standard InChI is InChI=1S/C11H13NO/c1-8(2)10-4-3-7-12(11(10)13)9-5-6-9/h3-4,7,9H,1,5-6H2,2H3. The topological polar surface area (TPSA) is 22.0 Å². The Balaban J connectivity index is 2.54. The summed E-state index contributed by atoms with van der Waals surface area (Å²) < 4.78 is 1.82. The molecule has 13 heavy (non-hydrogen) atoms. The van der Waals surface area contributed by atoms with Gasteiger partial charge in [-0.05, 0) is 37.5 Å². The smallest absolute Gasteiger partial charge is 0.258 e. The molecule has 0 aromatic carbocycles. The summed E-state index contributed by atoms with van der Waals surface area (Å²) in [6, 6.07) is 4.21. The van der Waals surface area contributed by atoms with E-state index >= 15 is 0 Å². The fraction of sp³-hybridized carbons (Fsp3) is 0.364. The largest absolute Gasteiger partial charge is 0.312 e. The van der Waals surface area contributed by atoms with E-state index in [4.69, 9.17) is 0 Å². The molecule has 1 fully saturated rings. The zero-order valence-electron chi connectivity index (χ0n) is 7.79. The second-order valence-electron chi connectivity index (χ2n) is 3.65. The predicted molar refractivity (Wildman–Crippen MR) is 53.7 cm³/mol. The molecule has 1 aromatic rings. The molecule has 68 valence electrons. The Morgan fingerprint density at radius 2 is 2.31 bits per heavy atom. The minimum absolute atomic E-state index is 0.109. The Kier molecular flexibility index (Phi) is 1.83. The highest BCUT2D eigenvalue weighted by Crippen LogP contribution is 2.33. The van der Waals surface area contributed by atoms with Crippen LogP contribution in [0, 0.1) is 0 Å². The van der Waals surface area contributed by atoms with Crippen LogP contribution < -0.4 is 5.56 Å². The Morgan fingerprint density at radius 1 is 1.62 bits per heavy atom. The van der Waals surface area contributed by atoms with Gasteiger partial charge in [-0.25, -0.2) is 0 Å². The minimum atomic E-state index is 0.109. The van der Waals surface area contributed by atoms with Gasteiger partial charge in [-0.3, -0.25) is 4.79 Å². The van der Waals surface area contributed by atoms with E-state index in [2.05, 4.69) is 6.58 Å². The van der Waals surface area contributed by atoms with E-state index in [1.54, 1.807) is 0 Å². The average molecular weight is 175 g/mol. The second kappa shape index (κ2) is 2.87. The highest BCUT2D eigenvalue weighted by atomic mass is 16.1. The van der Waals surface area contributed by atoms with E-state index in [0.717, 1.165) is 24.0 Å². The third-order valence-electron chi connectivity index (χ3n) is 2.37. The molecule has 0 unspecified atom stereocenters. The summed E-state index contributed by atoms with van der Waals surface area (Å²) in [4.78, 5) is 11.8. The fourth-order valence-electron chi connectivity index (χ4n) is 1.48. The third-order valence-corrected chi connectivity index (χ3v) is 2.37. The average Bonchev–Trinajstić information content (AvgIpc) is 2.87. The molecule has 1 aromatic heterocycles. The van der Waals surface area contributed by atoms with Crippen LogP contribution in [0.5, 0.6) is 0 Å². The Bertz CT molecular complexity index is 399. The molecule has 0 aliphatic heterocycles. The van der Waals surface area contributed by atoms with E-state index < -0.39 is 0 Å². The molecule has 0 spiro atoms. The molecule has 1 aliphatic carbocycles. The molecule has 0 radical (unpaired) electrons. The lowest BCUT2D eigenvalue weighted by Crippen LogP contribution is -2.20. The Labute approximate surface area is 77.5 Å². The van der Waals surface area contributed by atoms with Gasteiger partial charge in [0.15, 0.2) is 0 Å². The monoisotopic (exact) mass is 175 g/mol. The predicted octanol–water partition coefficient (Wildman–Crippen LogP) is 2.22. The Morgan fingerprint density at radius 3 is 2.85 bits per heavy atom. The van der Waals surface area contributed by atoms with Crippen molar-refractivity contribution in [3.63, 3.8) is 0 Å². The van der Waals surface area contributed by atoms with E-state index in [1.807, 2.05) is 29.8 Å². The van der Waals surface area contributed by atoms with Gasteiger partial charge in [0.2, 0.25) is 0 Å². The van der Waals surface area contributed by atoms with Crippen LogP contribution in [-0.4, -0.2) is 4.57 Å². The van der Waals surface area contributed by atoms with Crippen LogP contribution in [-0.2, 0) is 0 Å². The van der Waals surface area contributed by atoms with Crippen LogP contribution in [0.25, 0.3) is 5.57 Å². The molecular weight excluding hydrogens is 162 g/mol. The lowest BCUT2D eigenvalue weighted by molar-refractivity contribution is 0.705.